The fraction of sp³-hybridized carbons (Fsp3) is 0.364. The van der Waals surface area contributed by atoms with Crippen molar-refractivity contribution in [1.82, 2.24) is 29.4 Å². The Bertz CT molecular complexity index is 1320. The van der Waals surface area contributed by atoms with Crippen molar-refractivity contribution in [2.24, 2.45) is 7.05 Å². The lowest BCUT2D eigenvalue weighted by Crippen LogP contribution is -2.51. The average molecular weight is 507 g/mol. The summed E-state index contributed by atoms with van der Waals surface area (Å²) in [6, 6.07) is 7.78. The molecule has 4 rings (SSSR count). The maximum Gasteiger partial charge on any atom is 0.278 e. The maximum absolute atomic E-state index is 14.8. The molecule has 12 heteroatoms. The number of nitrogens with zero attached hydrogens (tertiary/aromatic N) is 5. The topological polar surface area (TPSA) is 110 Å². The number of hydrogen-bond acceptors (Lipinski definition) is 6. The molecular weight excluding hydrogens is 483 g/mol. The molecule has 34 heavy (non-hydrogen) atoms. The van der Waals surface area contributed by atoms with Crippen LogP contribution in [0.1, 0.15) is 34.5 Å². The van der Waals surface area contributed by atoms with Gasteiger partial charge in [-0.2, -0.15) is 4.31 Å². The summed E-state index contributed by atoms with van der Waals surface area (Å²) in [5.74, 6) is -0.817. The molecule has 0 radical (unpaired) electrons. The molecule has 1 amide bonds. The highest BCUT2D eigenvalue weighted by Crippen LogP contribution is 2.37. The predicted octanol–water partition coefficient (Wildman–Crippen LogP) is 2.46. The Balaban J connectivity index is 1.58. The molecule has 180 valence electrons. The van der Waals surface area contributed by atoms with E-state index in [4.69, 9.17) is 11.6 Å². The van der Waals surface area contributed by atoms with E-state index >= 15 is 0 Å². The van der Waals surface area contributed by atoms with Crippen LogP contribution < -0.4 is 5.32 Å². The van der Waals surface area contributed by atoms with E-state index in [9.17, 15) is 17.6 Å². The van der Waals surface area contributed by atoms with E-state index in [1.807, 2.05) is 0 Å². The largest absolute Gasteiger partial charge is 0.351 e. The van der Waals surface area contributed by atoms with E-state index < -0.39 is 21.3 Å². The molecule has 3 heterocycles. The number of halogens is 2. The molecule has 3 aromatic rings. The van der Waals surface area contributed by atoms with Crippen molar-refractivity contribution in [2.45, 2.75) is 30.3 Å². The molecule has 0 saturated carbocycles. The summed E-state index contributed by atoms with van der Waals surface area (Å²) in [5, 5.41) is 10.6. The van der Waals surface area contributed by atoms with Crippen LogP contribution in [-0.2, 0) is 22.5 Å². The summed E-state index contributed by atoms with van der Waals surface area (Å²) in [6.45, 7) is 2.10. The Morgan fingerprint density at radius 2 is 2.00 bits per heavy atom. The average Bonchev–Trinajstić information content (AvgIpc) is 3.25. The van der Waals surface area contributed by atoms with Crippen LogP contribution in [0.4, 0.5) is 4.39 Å². The van der Waals surface area contributed by atoms with Crippen LogP contribution >= 0.6 is 11.6 Å². The first kappa shape index (κ1) is 24.2. The van der Waals surface area contributed by atoms with Crippen molar-refractivity contribution in [3.63, 3.8) is 0 Å². The standard InChI is InChI=1S/C22H24ClFN6O3S/c1-15-12-16(23)5-6-17(15)20(31)26-13-22(19-18(24)4-3-9-25-19)7-10-30(11-8-22)34(32,33)21-28-27-14-29(21)2/h3-6,9,12,14H,7-8,10-11,13H2,1-2H3,(H,26,31). The SMILES string of the molecule is Cc1cc(Cl)ccc1C(=O)NCC1(c2ncccc2F)CCN(S(=O)(=O)c2nncn2C)CC1. The van der Waals surface area contributed by atoms with Gasteiger partial charge < -0.3 is 9.88 Å². The number of carbonyl (C=O) groups is 1. The number of hydrogen-bond donors (Lipinski definition) is 1. The van der Waals surface area contributed by atoms with Crippen molar-refractivity contribution < 1.29 is 17.6 Å². The van der Waals surface area contributed by atoms with Crippen LogP contribution in [0.3, 0.4) is 0 Å². The monoisotopic (exact) mass is 506 g/mol. The number of sulfonamides is 1. The highest BCUT2D eigenvalue weighted by molar-refractivity contribution is 7.89. The van der Waals surface area contributed by atoms with Crippen LogP contribution in [0.25, 0.3) is 0 Å². The smallest absolute Gasteiger partial charge is 0.278 e. The summed E-state index contributed by atoms with van der Waals surface area (Å²) < 4.78 is 43.5. The van der Waals surface area contributed by atoms with Crippen LogP contribution in [0.5, 0.6) is 0 Å². The highest BCUT2D eigenvalue weighted by Gasteiger charge is 2.43. The Labute approximate surface area is 202 Å². The normalized spacial score (nSPS) is 16.4. The van der Waals surface area contributed by atoms with E-state index in [1.54, 1.807) is 32.2 Å². The molecule has 0 spiro atoms. The van der Waals surface area contributed by atoms with Crippen LogP contribution in [-0.4, -0.2) is 58.0 Å². The zero-order valence-electron chi connectivity index (χ0n) is 18.7. The van der Waals surface area contributed by atoms with Crippen molar-refractivity contribution in [2.75, 3.05) is 19.6 Å². The van der Waals surface area contributed by atoms with E-state index in [-0.39, 0.29) is 49.2 Å². The maximum atomic E-state index is 14.8. The quantitative estimate of drug-likeness (QED) is 0.550. The number of aromatic nitrogens is 4. The first-order valence-corrected chi connectivity index (χ1v) is 12.5. The second kappa shape index (κ2) is 9.40. The third-order valence-corrected chi connectivity index (χ3v) is 8.31. The first-order chi connectivity index (χ1) is 16.1. The molecule has 1 aliphatic rings. The minimum absolute atomic E-state index is 0.0969. The lowest BCUT2D eigenvalue weighted by molar-refractivity contribution is 0.0930. The van der Waals surface area contributed by atoms with Crippen LogP contribution in [0, 0.1) is 12.7 Å². The second-order valence-corrected chi connectivity index (χ2v) is 10.7. The molecule has 0 unspecified atom stereocenters. The molecule has 1 saturated heterocycles. The lowest BCUT2D eigenvalue weighted by atomic mass is 9.75. The van der Waals surface area contributed by atoms with Gasteiger partial charge in [0.05, 0.1) is 5.69 Å². The Hall–Kier alpha value is -2.89. The van der Waals surface area contributed by atoms with Gasteiger partial charge in [0.25, 0.3) is 21.1 Å². The molecule has 2 aromatic heterocycles. The fourth-order valence-corrected chi connectivity index (χ4v) is 5.96. The molecule has 1 N–H and O–H groups in total. The Morgan fingerprint density at radius 1 is 1.26 bits per heavy atom. The summed E-state index contributed by atoms with van der Waals surface area (Å²) in [6.07, 6.45) is 3.34. The van der Waals surface area contributed by atoms with Gasteiger partial charge in [0.2, 0.25) is 0 Å². The van der Waals surface area contributed by atoms with E-state index in [0.717, 1.165) is 0 Å². The highest BCUT2D eigenvalue weighted by atomic mass is 35.5. The number of carbonyl (C=O) groups excluding carboxylic acids is 1. The van der Waals surface area contributed by atoms with Gasteiger partial charge in [-0.05, 0) is 55.7 Å². The van der Waals surface area contributed by atoms with Crippen molar-refractivity contribution in [1.29, 1.82) is 0 Å². The van der Waals surface area contributed by atoms with Gasteiger partial charge in [-0.3, -0.25) is 9.78 Å². The number of amides is 1. The molecule has 0 aliphatic carbocycles. The zero-order valence-corrected chi connectivity index (χ0v) is 20.3. The minimum atomic E-state index is -3.87. The second-order valence-electron chi connectivity index (χ2n) is 8.38. The molecule has 0 bridgehead atoms. The number of piperidine rings is 1. The Kier molecular flexibility index (Phi) is 6.70. The van der Waals surface area contributed by atoms with Gasteiger partial charge in [0, 0.05) is 48.9 Å². The molecule has 1 aromatic carbocycles. The van der Waals surface area contributed by atoms with Gasteiger partial charge in [-0.15, -0.1) is 10.2 Å². The van der Waals surface area contributed by atoms with Gasteiger partial charge in [0.15, 0.2) is 0 Å². The lowest BCUT2D eigenvalue weighted by Gasteiger charge is -2.40. The summed E-state index contributed by atoms with van der Waals surface area (Å²) in [5.41, 5.74) is 0.502. The van der Waals surface area contributed by atoms with Crippen molar-refractivity contribution in [3.8, 4) is 0 Å². The minimum Gasteiger partial charge on any atom is -0.351 e. The van der Waals surface area contributed by atoms with Crippen LogP contribution in [0.15, 0.2) is 48.0 Å². The molecule has 0 atom stereocenters. The predicted molar refractivity (Wildman–Crippen MR) is 123 cm³/mol. The van der Waals surface area contributed by atoms with Crippen molar-refractivity contribution >= 4 is 27.5 Å². The number of nitrogens with one attached hydrogen (secondary N) is 1. The summed E-state index contributed by atoms with van der Waals surface area (Å²) in [7, 11) is -2.31. The first-order valence-electron chi connectivity index (χ1n) is 10.6. The molecular formula is C22H24ClFN6O3S. The number of aryl methyl sites for hydroxylation is 2. The molecule has 1 aliphatic heterocycles. The summed E-state index contributed by atoms with van der Waals surface area (Å²) >= 11 is 5.99. The van der Waals surface area contributed by atoms with Gasteiger partial charge >= 0.3 is 0 Å². The number of pyridine rings is 1. The summed E-state index contributed by atoms with van der Waals surface area (Å²) in [4.78, 5) is 17.2. The zero-order chi connectivity index (χ0) is 24.5. The van der Waals surface area contributed by atoms with E-state index in [1.165, 1.54) is 33.5 Å². The van der Waals surface area contributed by atoms with E-state index in [0.29, 0.717) is 16.1 Å². The third-order valence-electron chi connectivity index (χ3n) is 6.20. The van der Waals surface area contributed by atoms with Crippen molar-refractivity contribution in [3.05, 3.63) is 70.5 Å². The van der Waals surface area contributed by atoms with E-state index in [2.05, 4.69) is 20.5 Å². The molecule has 1 fully saturated rings. The van der Waals surface area contributed by atoms with Gasteiger partial charge in [0.1, 0.15) is 12.1 Å². The van der Waals surface area contributed by atoms with Gasteiger partial charge in [-0.1, -0.05) is 11.6 Å². The third kappa shape index (κ3) is 4.55. The Morgan fingerprint density at radius 3 is 2.62 bits per heavy atom. The number of benzene rings is 1. The number of rotatable bonds is 6. The van der Waals surface area contributed by atoms with Crippen LogP contribution in [0.2, 0.25) is 5.02 Å². The fourth-order valence-electron chi connectivity index (χ4n) is 4.28. The van der Waals surface area contributed by atoms with Gasteiger partial charge in [-0.25, -0.2) is 12.8 Å². The molecule has 9 nitrogen and oxygen atoms in total.